The SMILES string of the molecule is O=P(c1ccccc1)(c1ccccc1)c1ccc(-c2nc(-c3ccccc3)nc(-c3ccc4c(c3)nc(-c3ccccc3)c3cccc(-c5ccccc5)c34)n2)cc1. The Morgan fingerprint density at radius 2 is 0.776 bits per heavy atom. The van der Waals surface area contributed by atoms with Crippen LogP contribution in [0.2, 0.25) is 0 Å². The first-order valence-corrected chi connectivity index (χ1v) is 21.0. The largest absolute Gasteiger partial charge is 0.309 e. The molecule has 0 saturated carbocycles. The molecule has 5 nitrogen and oxygen atoms in total. The summed E-state index contributed by atoms with van der Waals surface area (Å²) in [4.78, 5) is 20.5. The van der Waals surface area contributed by atoms with Crippen molar-refractivity contribution in [2.45, 2.75) is 0 Å². The molecule has 0 unspecified atom stereocenters. The molecule has 0 radical (unpaired) electrons. The highest BCUT2D eigenvalue weighted by molar-refractivity contribution is 7.85. The zero-order valence-electron chi connectivity index (χ0n) is 31.4. The quantitative estimate of drug-likeness (QED) is 0.114. The maximum absolute atomic E-state index is 15.1. The summed E-state index contributed by atoms with van der Waals surface area (Å²) < 4.78 is 15.1. The first-order valence-electron chi connectivity index (χ1n) is 19.2. The van der Waals surface area contributed by atoms with Crippen LogP contribution in [0.5, 0.6) is 0 Å². The predicted molar refractivity (Wildman–Crippen MR) is 239 cm³/mol. The smallest absolute Gasteiger partial charge is 0.171 e. The van der Waals surface area contributed by atoms with Crippen molar-refractivity contribution in [2.24, 2.45) is 0 Å². The average Bonchev–Trinajstić information content (AvgIpc) is 3.32. The summed E-state index contributed by atoms with van der Waals surface area (Å²) >= 11 is 0. The Bertz CT molecular complexity index is 3060. The van der Waals surface area contributed by atoms with Crippen molar-refractivity contribution >= 4 is 44.7 Å². The molecule has 0 bridgehead atoms. The fraction of sp³-hybridized carbons (Fsp3) is 0. The third-order valence-electron chi connectivity index (χ3n) is 10.6. The molecule has 10 aromatic rings. The molecule has 0 saturated heterocycles. The molecule has 0 aliphatic heterocycles. The molecule has 0 atom stereocenters. The Hall–Kier alpha value is -7.33. The van der Waals surface area contributed by atoms with Crippen molar-refractivity contribution in [3.63, 3.8) is 0 Å². The molecule has 0 N–H and O–H groups in total. The lowest BCUT2D eigenvalue weighted by atomic mass is 9.92. The number of aromatic nitrogens is 4. The molecule has 0 spiro atoms. The van der Waals surface area contributed by atoms with Crippen molar-refractivity contribution in [1.82, 2.24) is 19.9 Å². The monoisotopic (exact) mass is 762 g/mol. The lowest BCUT2D eigenvalue weighted by Crippen LogP contribution is -2.24. The zero-order valence-corrected chi connectivity index (χ0v) is 32.2. The summed E-state index contributed by atoms with van der Waals surface area (Å²) in [5.74, 6) is 1.62. The molecule has 0 amide bonds. The molecule has 10 rings (SSSR count). The van der Waals surface area contributed by atoms with Crippen LogP contribution in [0.4, 0.5) is 0 Å². The number of nitrogens with zero attached hydrogens (tertiary/aromatic N) is 4. The van der Waals surface area contributed by atoms with Crippen LogP contribution in [0.25, 0.3) is 78.2 Å². The average molecular weight is 763 g/mol. The second kappa shape index (κ2) is 15.0. The Kier molecular flexibility index (Phi) is 9.06. The summed E-state index contributed by atoms with van der Waals surface area (Å²) in [6.45, 7) is 0. The van der Waals surface area contributed by atoms with Crippen molar-refractivity contribution in [3.8, 4) is 56.5 Å². The molecule has 58 heavy (non-hydrogen) atoms. The second-order valence-corrected chi connectivity index (χ2v) is 16.9. The number of pyridine rings is 1. The Labute approximate surface area is 336 Å². The van der Waals surface area contributed by atoms with Crippen molar-refractivity contribution in [3.05, 3.63) is 212 Å². The summed E-state index contributed by atoms with van der Waals surface area (Å²) in [6.07, 6.45) is 0. The van der Waals surface area contributed by atoms with Crippen molar-refractivity contribution in [2.75, 3.05) is 0 Å². The predicted octanol–water partition coefficient (Wildman–Crippen LogP) is 11.5. The van der Waals surface area contributed by atoms with E-state index < -0.39 is 7.14 Å². The zero-order chi connectivity index (χ0) is 38.9. The third-order valence-corrected chi connectivity index (χ3v) is 13.7. The molecule has 2 heterocycles. The molecule has 8 aromatic carbocycles. The second-order valence-electron chi connectivity index (χ2n) is 14.2. The highest BCUT2D eigenvalue weighted by Crippen LogP contribution is 2.43. The minimum atomic E-state index is -3.15. The number of hydrogen-bond donors (Lipinski definition) is 0. The normalized spacial score (nSPS) is 11.5. The first kappa shape index (κ1) is 35.1. The fourth-order valence-corrected chi connectivity index (χ4v) is 10.4. The standard InChI is InChI=1S/C52H35N4OP/c57-58(41-23-12-4-13-24-41,42-25-14-5-15-26-42)43-32-29-39(30-33-43)51-54-50(38-21-10-3-11-22-38)55-52(56-51)40-31-34-45-47(35-40)53-49(37-19-8-2-9-20-37)46-28-16-27-44(48(45)46)36-17-6-1-7-18-36/h1-35H. The Balaban J connectivity index is 1.14. The van der Waals surface area contributed by atoms with E-state index in [0.717, 1.165) is 76.7 Å². The van der Waals surface area contributed by atoms with Crippen molar-refractivity contribution in [1.29, 1.82) is 0 Å². The van der Waals surface area contributed by atoms with Crippen molar-refractivity contribution < 1.29 is 4.57 Å². The van der Waals surface area contributed by atoms with E-state index in [1.54, 1.807) is 0 Å². The van der Waals surface area contributed by atoms with Crippen LogP contribution < -0.4 is 15.9 Å². The minimum Gasteiger partial charge on any atom is -0.309 e. The van der Waals surface area contributed by atoms with Gasteiger partial charge in [0.1, 0.15) is 0 Å². The molecular weight excluding hydrogens is 728 g/mol. The van der Waals surface area contributed by atoms with Gasteiger partial charge in [0.05, 0.1) is 11.2 Å². The van der Waals surface area contributed by atoms with Crippen LogP contribution in [0, 0.1) is 0 Å². The number of hydrogen-bond acceptors (Lipinski definition) is 5. The molecule has 0 fully saturated rings. The Morgan fingerprint density at radius 1 is 0.328 bits per heavy atom. The van der Waals surface area contributed by atoms with Gasteiger partial charge in [0, 0.05) is 54.3 Å². The van der Waals surface area contributed by atoms with Gasteiger partial charge in [-0.1, -0.05) is 206 Å². The first-order chi connectivity index (χ1) is 28.6. The maximum atomic E-state index is 15.1. The van der Waals surface area contributed by atoms with Gasteiger partial charge in [-0.2, -0.15) is 0 Å². The summed E-state index contributed by atoms with van der Waals surface area (Å²) in [7, 11) is -3.15. The van der Waals surface area contributed by atoms with Gasteiger partial charge in [0.25, 0.3) is 0 Å². The van der Waals surface area contributed by atoms with Gasteiger partial charge in [0.15, 0.2) is 24.6 Å². The van der Waals surface area contributed by atoms with Gasteiger partial charge in [-0.05, 0) is 17.2 Å². The van der Waals surface area contributed by atoms with Crippen LogP contribution in [-0.4, -0.2) is 19.9 Å². The van der Waals surface area contributed by atoms with E-state index in [4.69, 9.17) is 19.9 Å². The third kappa shape index (κ3) is 6.38. The highest BCUT2D eigenvalue weighted by Gasteiger charge is 2.29. The summed E-state index contributed by atoms with van der Waals surface area (Å²) in [5.41, 5.74) is 7.61. The molecule has 0 aliphatic carbocycles. The number of rotatable bonds is 8. The topological polar surface area (TPSA) is 68.6 Å². The molecule has 274 valence electrons. The van der Waals surface area contributed by atoms with E-state index in [0.29, 0.717) is 17.5 Å². The van der Waals surface area contributed by atoms with Crippen LogP contribution >= 0.6 is 7.14 Å². The molecule has 2 aromatic heterocycles. The van der Waals surface area contributed by atoms with Gasteiger partial charge in [0.2, 0.25) is 0 Å². The van der Waals surface area contributed by atoms with Crippen LogP contribution in [0.3, 0.4) is 0 Å². The lowest BCUT2D eigenvalue weighted by Gasteiger charge is -2.20. The minimum absolute atomic E-state index is 0.521. The van der Waals surface area contributed by atoms with E-state index >= 15 is 4.57 Å². The maximum Gasteiger partial charge on any atom is 0.171 e. The van der Waals surface area contributed by atoms with Gasteiger partial charge in [-0.15, -0.1) is 0 Å². The Morgan fingerprint density at radius 3 is 1.34 bits per heavy atom. The van der Waals surface area contributed by atoms with E-state index in [1.807, 2.05) is 127 Å². The summed E-state index contributed by atoms with van der Waals surface area (Å²) in [6, 6.07) is 70.9. The molecule has 6 heteroatoms. The number of fused-ring (bicyclic) bond motifs is 3. The van der Waals surface area contributed by atoms with E-state index in [-0.39, 0.29) is 0 Å². The van der Waals surface area contributed by atoms with Crippen LogP contribution in [0.1, 0.15) is 0 Å². The fourth-order valence-electron chi connectivity index (χ4n) is 7.76. The van der Waals surface area contributed by atoms with Gasteiger partial charge in [-0.25, -0.2) is 19.9 Å². The van der Waals surface area contributed by atoms with Gasteiger partial charge >= 0.3 is 0 Å². The van der Waals surface area contributed by atoms with Crippen LogP contribution in [0.15, 0.2) is 212 Å². The molecular formula is C52H35N4OP. The van der Waals surface area contributed by atoms with Crippen LogP contribution in [-0.2, 0) is 4.57 Å². The highest BCUT2D eigenvalue weighted by atomic mass is 31.2. The molecule has 0 aliphatic rings. The lowest BCUT2D eigenvalue weighted by molar-refractivity contribution is 0.592. The number of benzene rings is 8. The van der Waals surface area contributed by atoms with E-state index in [1.165, 1.54) is 0 Å². The summed E-state index contributed by atoms with van der Waals surface area (Å²) in [5, 5.41) is 5.59. The van der Waals surface area contributed by atoms with Gasteiger partial charge < -0.3 is 4.57 Å². The van der Waals surface area contributed by atoms with E-state index in [2.05, 4.69) is 84.9 Å². The van der Waals surface area contributed by atoms with Gasteiger partial charge in [-0.3, -0.25) is 0 Å². The van der Waals surface area contributed by atoms with E-state index in [9.17, 15) is 0 Å².